The maximum absolute atomic E-state index is 14.0. The van der Waals surface area contributed by atoms with Crippen LogP contribution in [-0.2, 0) is 0 Å². The van der Waals surface area contributed by atoms with Crippen LogP contribution in [0, 0.1) is 0 Å². The monoisotopic (exact) mass is 692 g/mol. The van der Waals surface area contributed by atoms with Crippen LogP contribution in [0.4, 0.5) is 0 Å². The molecular formula is C47H28N6O. The minimum Gasteiger partial charge on any atom is -0.278 e. The van der Waals surface area contributed by atoms with Crippen LogP contribution < -0.4 is 5.56 Å². The first-order valence-corrected chi connectivity index (χ1v) is 17.9. The first-order valence-electron chi connectivity index (χ1n) is 17.9. The Balaban J connectivity index is 1.13. The lowest BCUT2D eigenvalue weighted by Crippen LogP contribution is -2.16. The maximum Gasteiger partial charge on any atom is 0.266 e. The van der Waals surface area contributed by atoms with Crippen LogP contribution in [0.15, 0.2) is 175 Å². The average Bonchev–Trinajstić information content (AvgIpc) is 3.58. The molecule has 0 unspecified atom stereocenters. The van der Waals surface area contributed by atoms with E-state index in [9.17, 15) is 4.79 Å². The highest BCUT2D eigenvalue weighted by Gasteiger charge is 2.19. The molecule has 0 N–H and O–H groups in total. The van der Waals surface area contributed by atoms with Gasteiger partial charge < -0.3 is 0 Å². The molecule has 252 valence electrons. The Morgan fingerprint density at radius 2 is 0.889 bits per heavy atom. The van der Waals surface area contributed by atoms with Gasteiger partial charge in [-0.05, 0) is 59.0 Å². The van der Waals surface area contributed by atoms with Gasteiger partial charge in [0, 0.05) is 32.7 Å². The van der Waals surface area contributed by atoms with Crippen LogP contribution in [0.5, 0.6) is 0 Å². The number of benzene rings is 7. The van der Waals surface area contributed by atoms with Gasteiger partial charge >= 0.3 is 0 Å². The van der Waals surface area contributed by atoms with E-state index < -0.39 is 0 Å². The lowest BCUT2D eigenvalue weighted by Gasteiger charge is -2.13. The molecule has 0 amide bonds. The zero-order chi connectivity index (χ0) is 35.8. The van der Waals surface area contributed by atoms with Gasteiger partial charge in [0.15, 0.2) is 11.6 Å². The Morgan fingerprint density at radius 1 is 0.370 bits per heavy atom. The smallest absolute Gasteiger partial charge is 0.266 e. The van der Waals surface area contributed by atoms with Crippen molar-refractivity contribution in [3.05, 3.63) is 180 Å². The number of rotatable bonds is 4. The first-order chi connectivity index (χ1) is 26.7. The molecule has 0 aliphatic heterocycles. The van der Waals surface area contributed by atoms with Crippen LogP contribution in [0.25, 0.3) is 99.9 Å². The van der Waals surface area contributed by atoms with Gasteiger partial charge in [0.1, 0.15) is 5.65 Å². The van der Waals surface area contributed by atoms with Crippen molar-refractivity contribution in [2.24, 2.45) is 0 Å². The number of pyridine rings is 1. The van der Waals surface area contributed by atoms with Crippen molar-refractivity contribution in [2.75, 3.05) is 0 Å². The molecule has 7 nitrogen and oxygen atoms in total. The highest BCUT2D eigenvalue weighted by Crippen LogP contribution is 2.37. The Morgan fingerprint density at radius 3 is 1.57 bits per heavy atom. The fraction of sp³-hybridized carbons (Fsp3) is 0. The van der Waals surface area contributed by atoms with Gasteiger partial charge in [-0.25, -0.2) is 9.97 Å². The number of para-hydroxylation sites is 2. The fourth-order valence-electron chi connectivity index (χ4n) is 7.84. The molecule has 0 radical (unpaired) electrons. The minimum atomic E-state index is -0.0718. The molecule has 11 rings (SSSR count). The molecule has 54 heavy (non-hydrogen) atoms. The molecule has 0 aliphatic rings. The minimum absolute atomic E-state index is 0.0718. The second-order valence-electron chi connectivity index (χ2n) is 13.5. The molecule has 0 bridgehead atoms. The molecule has 7 aromatic carbocycles. The summed E-state index contributed by atoms with van der Waals surface area (Å²) < 4.78 is 3.90. The number of nitrogens with zero attached hydrogens (tertiary/aromatic N) is 6. The van der Waals surface area contributed by atoms with Crippen LogP contribution in [0.1, 0.15) is 0 Å². The molecule has 11 aromatic rings. The SMILES string of the molecule is O=c1c2ccccc2nc2c3ccccc3c3cc(-c4ccc5c(c4)c4ccccc4n5-c4nc(-c5ccccc5)nc(-c5ccccc5)n4)ccc3n12. The van der Waals surface area contributed by atoms with Gasteiger partial charge in [-0.3, -0.25) is 13.8 Å². The molecule has 0 saturated carbocycles. The summed E-state index contributed by atoms with van der Waals surface area (Å²) in [4.78, 5) is 34.1. The lowest BCUT2D eigenvalue weighted by atomic mass is 9.98. The molecule has 4 aromatic heterocycles. The van der Waals surface area contributed by atoms with Crippen molar-refractivity contribution < 1.29 is 0 Å². The summed E-state index contributed by atoms with van der Waals surface area (Å²) >= 11 is 0. The van der Waals surface area contributed by atoms with Crippen molar-refractivity contribution in [1.29, 1.82) is 0 Å². The molecule has 0 atom stereocenters. The number of fused-ring (bicyclic) bond motifs is 10. The highest BCUT2D eigenvalue weighted by molar-refractivity contribution is 6.14. The van der Waals surface area contributed by atoms with E-state index in [0.29, 0.717) is 34.1 Å². The summed E-state index contributed by atoms with van der Waals surface area (Å²) in [5, 5.41) is 5.75. The normalized spacial score (nSPS) is 11.8. The van der Waals surface area contributed by atoms with Gasteiger partial charge in [0.25, 0.3) is 5.56 Å². The van der Waals surface area contributed by atoms with Crippen LogP contribution >= 0.6 is 0 Å². The Kier molecular flexibility index (Phi) is 6.57. The van der Waals surface area contributed by atoms with Gasteiger partial charge in [0.05, 0.1) is 27.5 Å². The third-order valence-electron chi connectivity index (χ3n) is 10.4. The van der Waals surface area contributed by atoms with Crippen LogP contribution in [-0.4, -0.2) is 28.9 Å². The number of aromatic nitrogens is 6. The second-order valence-corrected chi connectivity index (χ2v) is 13.5. The van der Waals surface area contributed by atoms with E-state index in [1.807, 2.05) is 103 Å². The first kappa shape index (κ1) is 30.1. The van der Waals surface area contributed by atoms with E-state index in [-0.39, 0.29) is 5.56 Å². The molecule has 0 fully saturated rings. The summed E-state index contributed by atoms with van der Waals surface area (Å²) in [5.41, 5.74) is 8.05. The van der Waals surface area contributed by atoms with Crippen molar-refractivity contribution in [3.63, 3.8) is 0 Å². The Bertz CT molecular complexity index is 3290. The fourth-order valence-corrected chi connectivity index (χ4v) is 7.84. The molecule has 0 spiro atoms. The highest BCUT2D eigenvalue weighted by atomic mass is 16.1. The second kappa shape index (κ2) is 11.8. The van der Waals surface area contributed by atoms with Crippen molar-refractivity contribution in [3.8, 4) is 39.9 Å². The van der Waals surface area contributed by atoms with Gasteiger partial charge in [-0.1, -0.05) is 127 Å². The van der Waals surface area contributed by atoms with Gasteiger partial charge in [-0.15, -0.1) is 0 Å². The van der Waals surface area contributed by atoms with E-state index in [4.69, 9.17) is 19.9 Å². The zero-order valence-corrected chi connectivity index (χ0v) is 28.8. The quantitative estimate of drug-likeness (QED) is 0.136. The summed E-state index contributed by atoms with van der Waals surface area (Å²) in [6.45, 7) is 0. The average molecular weight is 693 g/mol. The molecule has 0 aliphatic carbocycles. The third-order valence-corrected chi connectivity index (χ3v) is 10.4. The zero-order valence-electron chi connectivity index (χ0n) is 28.8. The summed E-state index contributed by atoms with van der Waals surface area (Å²) in [7, 11) is 0. The third kappa shape index (κ3) is 4.58. The van der Waals surface area contributed by atoms with E-state index in [1.54, 1.807) is 4.40 Å². The predicted octanol–water partition coefficient (Wildman–Crippen LogP) is 10.4. The van der Waals surface area contributed by atoms with Gasteiger partial charge in [0.2, 0.25) is 5.95 Å². The van der Waals surface area contributed by atoms with Crippen LogP contribution in [0.3, 0.4) is 0 Å². The predicted molar refractivity (Wildman–Crippen MR) is 218 cm³/mol. The Labute approximate surface area is 308 Å². The van der Waals surface area contributed by atoms with E-state index in [1.165, 1.54) is 0 Å². The van der Waals surface area contributed by atoms with Crippen molar-refractivity contribution in [2.45, 2.75) is 0 Å². The molecule has 0 saturated heterocycles. The summed E-state index contributed by atoms with van der Waals surface area (Å²) in [5.74, 6) is 1.78. The number of hydrogen-bond donors (Lipinski definition) is 0. The molecule has 7 heteroatoms. The maximum atomic E-state index is 14.0. The van der Waals surface area contributed by atoms with Crippen molar-refractivity contribution >= 4 is 60.0 Å². The molecular weight excluding hydrogens is 665 g/mol. The van der Waals surface area contributed by atoms with Crippen molar-refractivity contribution in [1.82, 2.24) is 28.9 Å². The Hall–Kier alpha value is -7.51. The van der Waals surface area contributed by atoms with E-state index >= 15 is 0 Å². The topological polar surface area (TPSA) is 78.0 Å². The molecule has 4 heterocycles. The largest absolute Gasteiger partial charge is 0.278 e. The standard InChI is InChI=1S/C47H28N6O/c54-46-36-20-9-11-21-39(36)48-45-35-19-8-7-17-33(35)37-27-31(24-26-42(37)53(45)46)32-23-25-41-38(28-32)34-18-10-12-22-40(34)52(41)47-50-43(29-13-3-1-4-14-29)49-44(51-47)30-15-5-2-6-16-30/h1-28H. The lowest BCUT2D eigenvalue weighted by molar-refractivity contribution is 0.953. The summed E-state index contributed by atoms with van der Waals surface area (Å²) in [6.07, 6.45) is 0. The van der Waals surface area contributed by atoms with E-state index in [0.717, 1.165) is 65.7 Å². The summed E-state index contributed by atoms with van der Waals surface area (Å²) in [6, 6.07) is 57.1. The van der Waals surface area contributed by atoms with E-state index in [2.05, 4.69) is 71.3 Å². The number of hydrogen-bond acceptors (Lipinski definition) is 5. The van der Waals surface area contributed by atoms with Crippen LogP contribution in [0.2, 0.25) is 0 Å². The van der Waals surface area contributed by atoms with Gasteiger partial charge in [-0.2, -0.15) is 9.97 Å².